The van der Waals surface area contributed by atoms with Crippen molar-refractivity contribution >= 4 is 59.4 Å². The average Bonchev–Trinajstić information content (AvgIpc) is 3.86. The zero-order valence-electron chi connectivity index (χ0n) is 32.9. The maximum absolute atomic E-state index is 12.1. The third kappa shape index (κ3) is 8.04. The van der Waals surface area contributed by atoms with Crippen LogP contribution in [0.5, 0.6) is 0 Å². The van der Waals surface area contributed by atoms with E-state index in [-0.39, 0.29) is 4.90 Å². The van der Waals surface area contributed by atoms with Gasteiger partial charge in [0.15, 0.2) is 11.3 Å². The van der Waals surface area contributed by atoms with Crippen molar-refractivity contribution < 1.29 is 8.42 Å². The van der Waals surface area contributed by atoms with Crippen molar-refractivity contribution in [1.29, 1.82) is 0 Å². The Balaban J connectivity index is 0.000000168. The lowest BCUT2D eigenvalue weighted by Crippen LogP contribution is -2.44. The molecule has 0 aliphatic carbocycles. The number of hydrogen-bond donors (Lipinski definition) is 1. The second-order valence-corrected chi connectivity index (χ2v) is 17.5. The van der Waals surface area contributed by atoms with Crippen LogP contribution < -0.4 is 14.9 Å². The van der Waals surface area contributed by atoms with Gasteiger partial charge in [0, 0.05) is 111 Å². The third-order valence-electron chi connectivity index (χ3n) is 11.3. The topological polar surface area (TPSA) is 133 Å². The lowest BCUT2D eigenvalue weighted by molar-refractivity contribution is 0.313. The van der Waals surface area contributed by atoms with Crippen molar-refractivity contribution in [3.05, 3.63) is 127 Å². The van der Waals surface area contributed by atoms with Gasteiger partial charge in [0.05, 0.1) is 21.8 Å². The van der Waals surface area contributed by atoms with Crippen LogP contribution in [0.3, 0.4) is 0 Å². The monoisotopic (exact) mass is 869 g/mol. The molecule has 2 saturated heterocycles. The number of hydrogen-bond acceptors (Lipinski definition) is 10. The maximum Gasteiger partial charge on any atom is 0.238 e. The molecule has 15 heteroatoms. The van der Waals surface area contributed by atoms with Gasteiger partial charge in [-0.15, -0.1) is 0 Å². The van der Waals surface area contributed by atoms with Crippen LogP contribution in [0.25, 0.3) is 55.4 Å². The van der Waals surface area contributed by atoms with Gasteiger partial charge < -0.3 is 19.6 Å². The number of rotatable bonds is 6. The Kier molecular flexibility index (Phi) is 10.6. The van der Waals surface area contributed by atoms with Gasteiger partial charge in [-0.2, -0.15) is 10.2 Å². The zero-order valence-corrected chi connectivity index (χ0v) is 35.3. The fourth-order valence-electron chi connectivity index (χ4n) is 7.82. The zero-order chi connectivity index (χ0) is 40.7. The first kappa shape index (κ1) is 38.8. The minimum absolute atomic E-state index is 0.105. The highest BCUT2D eigenvalue weighted by Crippen LogP contribution is 2.35. The van der Waals surface area contributed by atoms with E-state index in [1.165, 1.54) is 11.4 Å². The van der Waals surface area contributed by atoms with Crippen molar-refractivity contribution in [2.75, 3.05) is 76.3 Å². The number of nitrogens with zero attached hydrogens (tertiary/aromatic N) is 10. The van der Waals surface area contributed by atoms with Gasteiger partial charge in [0.2, 0.25) is 10.0 Å². The fourth-order valence-corrected chi connectivity index (χ4v) is 8.94. The van der Waals surface area contributed by atoms with E-state index in [9.17, 15) is 8.42 Å². The van der Waals surface area contributed by atoms with Crippen LogP contribution in [0.2, 0.25) is 0 Å². The smallest absolute Gasteiger partial charge is 0.238 e. The van der Waals surface area contributed by atoms with E-state index in [1.54, 1.807) is 45.7 Å². The molecule has 0 atom stereocenters. The van der Waals surface area contributed by atoms with E-state index < -0.39 is 10.0 Å². The first-order chi connectivity index (χ1) is 28.6. The molecule has 0 amide bonds. The summed E-state index contributed by atoms with van der Waals surface area (Å²) in [6, 6.07) is 28.0. The molecule has 0 unspecified atom stereocenters. The molecule has 8 aromatic rings. The van der Waals surface area contributed by atoms with E-state index in [4.69, 9.17) is 10.1 Å². The second kappa shape index (κ2) is 16.2. The van der Waals surface area contributed by atoms with Crippen molar-refractivity contribution in [2.45, 2.75) is 4.90 Å². The summed E-state index contributed by atoms with van der Waals surface area (Å²) < 4.78 is 28.7. The highest BCUT2D eigenvalue weighted by molar-refractivity contribution is 9.10. The summed E-state index contributed by atoms with van der Waals surface area (Å²) in [6.45, 7) is 8.63. The van der Waals surface area contributed by atoms with Crippen LogP contribution in [0.4, 0.5) is 11.4 Å². The van der Waals surface area contributed by atoms with Gasteiger partial charge in [-0.1, -0.05) is 54.6 Å². The minimum Gasteiger partial charge on any atom is -0.369 e. The van der Waals surface area contributed by atoms with Gasteiger partial charge in [-0.25, -0.2) is 32.6 Å². The molecule has 2 aliphatic rings. The summed E-state index contributed by atoms with van der Waals surface area (Å²) in [5, 5.41) is 15.7. The molecule has 59 heavy (non-hydrogen) atoms. The number of aromatic nitrogens is 6. The Morgan fingerprint density at radius 2 is 1.03 bits per heavy atom. The summed E-state index contributed by atoms with van der Waals surface area (Å²) >= 11 is 3.45. The third-order valence-corrected chi connectivity index (χ3v) is 12.8. The summed E-state index contributed by atoms with van der Waals surface area (Å²) in [5.74, 6) is 0. The summed E-state index contributed by atoms with van der Waals surface area (Å²) in [4.78, 5) is 18.9. The lowest BCUT2D eigenvalue weighted by atomic mass is 10.00. The Morgan fingerprint density at radius 3 is 1.58 bits per heavy atom. The number of nitrogens with two attached hydrogens (primary N) is 1. The summed E-state index contributed by atoms with van der Waals surface area (Å²) in [5.41, 5.74) is 9.99. The Morgan fingerprint density at radius 1 is 0.542 bits per heavy atom. The average molecular weight is 871 g/mol. The normalized spacial score (nSPS) is 15.5. The van der Waals surface area contributed by atoms with Crippen molar-refractivity contribution in [3.8, 4) is 33.4 Å². The molecule has 0 radical (unpaired) electrons. The number of sulfonamides is 1. The predicted molar refractivity (Wildman–Crippen MR) is 238 cm³/mol. The second-order valence-electron chi connectivity index (χ2n) is 15.1. The number of fused-ring (bicyclic) bond motifs is 3. The number of anilines is 2. The standard InChI is InChI=1S/C27H26N6O2S.C17H18BrN5/c1-31-12-14-32(15-13-31)21-8-6-19(7-9-21)20-16-29-27-25(17-30-33(27)18-20)23-10-11-26(36(28,34)35)24-5-3-2-4-22(23)24;1-21-6-8-22(9-7-21)15-4-2-13(3-5-15)14-10-19-17-16(18)11-20-23(17)12-14/h2-11,16-18H,12-15H2,1H3,(H2,28,34,35);2-5,10-12H,6-9H2,1H3. The quantitative estimate of drug-likeness (QED) is 0.197. The fraction of sp³-hybridized carbons (Fsp3) is 0.227. The molecule has 13 nitrogen and oxygen atoms in total. The highest BCUT2D eigenvalue weighted by atomic mass is 79.9. The first-order valence-corrected chi connectivity index (χ1v) is 21.9. The van der Waals surface area contributed by atoms with Crippen LogP contribution in [-0.4, -0.2) is 114 Å². The molecule has 300 valence electrons. The Labute approximate surface area is 351 Å². The molecular weight excluding hydrogens is 827 g/mol. The van der Waals surface area contributed by atoms with Crippen LogP contribution in [-0.2, 0) is 10.0 Å². The number of piperazine rings is 2. The van der Waals surface area contributed by atoms with Crippen molar-refractivity contribution in [3.63, 3.8) is 0 Å². The minimum atomic E-state index is -3.85. The predicted octanol–water partition coefficient (Wildman–Crippen LogP) is 6.53. The van der Waals surface area contributed by atoms with Crippen LogP contribution >= 0.6 is 15.9 Å². The molecule has 2 fully saturated rings. The van der Waals surface area contributed by atoms with Gasteiger partial charge in [-0.3, -0.25) is 0 Å². The molecule has 2 aliphatic heterocycles. The molecular formula is C44H44BrN11O2S. The van der Waals surface area contributed by atoms with Gasteiger partial charge in [0.25, 0.3) is 0 Å². The van der Waals surface area contributed by atoms with Gasteiger partial charge >= 0.3 is 0 Å². The molecule has 0 saturated carbocycles. The molecule has 10 rings (SSSR count). The summed E-state index contributed by atoms with van der Waals surface area (Å²) in [7, 11) is 0.489. The molecule has 6 heterocycles. The number of benzene rings is 4. The van der Waals surface area contributed by atoms with E-state index in [0.717, 1.165) is 101 Å². The molecule has 0 spiro atoms. The molecule has 4 aromatic carbocycles. The Hall–Kier alpha value is -5.71. The SMILES string of the molecule is CN1CCN(c2ccc(-c3cnc4c(-c5ccc(S(N)(=O)=O)c6ccccc56)cnn4c3)cc2)CC1.CN1CCN(c2ccc(-c3cnc4c(Br)cnn4c3)cc2)CC1. The van der Waals surface area contributed by atoms with Crippen LogP contribution in [0.15, 0.2) is 131 Å². The lowest BCUT2D eigenvalue weighted by Gasteiger charge is -2.34. The van der Waals surface area contributed by atoms with Crippen molar-refractivity contribution in [1.82, 2.24) is 39.0 Å². The Bertz CT molecular complexity index is 2880. The largest absolute Gasteiger partial charge is 0.369 e. The maximum atomic E-state index is 12.1. The van der Waals surface area contributed by atoms with E-state index in [0.29, 0.717) is 11.0 Å². The first-order valence-electron chi connectivity index (χ1n) is 19.5. The van der Waals surface area contributed by atoms with E-state index in [1.807, 2.05) is 36.9 Å². The highest BCUT2D eigenvalue weighted by Gasteiger charge is 2.19. The summed E-state index contributed by atoms with van der Waals surface area (Å²) in [6.07, 6.45) is 11.3. The number of likely N-dealkylation sites (N-methyl/N-ethyl adjacent to an activating group) is 2. The van der Waals surface area contributed by atoms with E-state index in [2.05, 4.69) is 113 Å². The number of halogens is 1. The van der Waals surface area contributed by atoms with Crippen LogP contribution in [0, 0.1) is 0 Å². The van der Waals surface area contributed by atoms with Crippen LogP contribution in [0.1, 0.15) is 0 Å². The molecule has 4 aromatic heterocycles. The van der Waals surface area contributed by atoms with Crippen molar-refractivity contribution in [2.24, 2.45) is 5.14 Å². The van der Waals surface area contributed by atoms with Gasteiger partial charge in [-0.05, 0) is 82.4 Å². The molecule has 2 N–H and O–H groups in total. The van der Waals surface area contributed by atoms with E-state index >= 15 is 0 Å². The van der Waals surface area contributed by atoms with Gasteiger partial charge in [0.1, 0.15) is 0 Å². The number of primary sulfonamides is 1. The molecule has 0 bridgehead atoms.